The van der Waals surface area contributed by atoms with Crippen molar-refractivity contribution in [2.24, 2.45) is 0 Å². The van der Waals surface area contributed by atoms with Crippen LogP contribution in [0.4, 0.5) is 0 Å². The summed E-state index contributed by atoms with van der Waals surface area (Å²) >= 11 is 0. The molecule has 0 radical (unpaired) electrons. The lowest BCUT2D eigenvalue weighted by Gasteiger charge is -2.46. The van der Waals surface area contributed by atoms with Crippen LogP contribution >= 0.6 is 0 Å². The lowest BCUT2D eigenvalue weighted by Crippen LogP contribution is -2.41. The van der Waals surface area contributed by atoms with Gasteiger partial charge in [-0.25, -0.2) is 0 Å². The van der Waals surface area contributed by atoms with Crippen molar-refractivity contribution in [3.05, 3.63) is 583 Å². The summed E-state index contributed by atoms with van der Waals surface area (Å²) in [7, 11) is 0. The van der Waals surface area contributed by atoms with E-state index in [4.69, 9.17) is 0 Å². The van der Waals surface area contributed by atoms with Crippen LogP contribution in [0.15, 0.2) is 500 Å². The highest BCUT2D eigenvalue weighted by Gasteiger charge is 2.55. The van der Waals surface area contributed by atoms with Crippen LogP contribution in [0.3, 0.4) is 0 Å². The summed E-state index contributed by atoms with van der Waals surface area (Å²) in [4.78, 5) is 44.4. The van der Waals surface area contributed by atoms with E-state index in [1.165, 1.54) is 121 Å². The molecule has 0 fully saturated rings. The predicted octanol–water partition coefficient (Wildman–Crippen LogP) is 31.5. The minimum atomic E-state index is -0.765. The lowest BCUT2D eigenvalue weighted by atomic mass is 9.60. The highest BCUT2D eigenvalue weighted by atomic mass is 16.1. The number of rotatable bonds is 4. The van der Waals surface area contributed by atoms with Gasteiger partial charge in [-0.2, -0.15) is 0 Å². The van der Waals surface area contributed by atoms with Crippen molar-refractivity contribution < 1.29 is 0 Å². The van der Waals surface area contributed by atoms with E-state index in [9.17, 15) is 9.59 Å². The van der Waals surface area contributed by atoms with Crippen LogP contribution in [-0.2, 0) is 16.2 Å². The second-order valence-electron chi connectivity index (χ2n) is 40.4. The molecule has 3 spiro atoms. The summed E-state index contributed by atoms with van der Waals surface area (Å²) in [6, 6.07) is 174. The molecule has 0 bridgehead atoms. The van der Waals surface area contributed by atoms with Crippen LogP contribution in [0.5, 0.6) is 0 Å². The molecular weight excluding hydrogens is 1790 g/mol. The van der Waals surface area contributed by atoms with Gasteiger partial charge in [0.05, 0.1) is 99.8 Å². The van der Waals surface area contributed by atoms with E-state index in [2.05, 4.69) is 450 Å². The summed E-state index contributed by atoms with van der Waals surface area (Å²) in [5.41, 5.74) is 37.8. The molecule has 6 aliphatic rings. The number of nitrogens with zero attached hydrogens (tertiary/aromatic N) is 6. The largest absolute Gasteiger partial charge is 0.309 e. The molecule has 9 nitrogen and oxygen atoms in total. The Balaban J connectivity index is 0.0000000964. The zero-order valence-electron chi connectivity index (χ0n) is 79.1. The van der Waals surface area contributed by atoms with E-state index in [1.54, 1.807) is 0 Å². The summed E-state index contributed by atoms with van der Waals surface area (Å²) in [6.07, 6.45) is 0. The Morgan fingerprint density at radius 2 is 0.361 bits per heavy atom. The monoisotopic (exact) mass is 1870 g/mol. The molecule has 6 aliphatic heterocycles. The van der Waals surface area contributed by atoms with Gasteiger partial charge >= 0.3 is 0 Å². The van der Waals surface area contributed by atoms with Crippen molar-refractivity contribution in [2.75, 3.05) is 0 Å². The maximum absolute atomic E-state index is 15.0. The second-order valence-corrected chi connectivity index (χ2v) is 40.4. The third-order valence-corrected chi connectivity index (χ3v) is 33.8. The SMILES string of the molecule is O=c1c2ccccc2c2cc(-c3ccccc3)cc3c2n1-c1ccc(-c2ccccc2)cc1C31c2ccccc2-n2c3ccccc3c3cccc1c32.O=c1c2ccccc2c2cccc3c2n1-c1ccc(-c2ccccc2)cc1C31c2cccc3c4cccc5c6cccc1c6n(c23)c45.O=c1c2ccccc2c2cccc3c2n1-c1ccc(-c2ccccc2)cc1C31c2ccccc2-n2c3ccccc3c3cccc1c32. The van der Waals surface area contributed by atoms with Crippen molar-refractivity contribution in [2.45, 2.75) is 16.2 Å². The zero-order chi connectivity index (χ0) is 96.3. The maximum Gasteiger partial charge on any atom is 0.263 e. The van der Waals surface area contributed by atoms with Gasteiger partial charge in [-0.3, -0.25) is 28.1 Å². The van der Waals surface area contributed by atoms with Gasteiger partial charge in [-0.15, -0.1) is 0 Å². The first-order chi connectivity index (χ1) is 72.8. The van der Waals surface area contributed by atoms with Gasteiger partial charge in [0.1, 0.15) is 0 Å². The molecule has 0 aliphatic carbocycles. The fraction of sp³-hybridized carbons (Fsp3) is 0.0217. The molecule has 2 unspecified atom stereocenters. The summed E-state index contributed by atoms with van der Waals surface area (Å²) in [5, 5.41) is 18.5. The Labute approximate surface area is 840 Å². The van der Waals surface area contributed by atoms with E-state index < -0.39 is 16.2 Å². The van der Waals surface area contributed by atoms with Gasteiger partial charge in [0.15, 0.2) is 0 Å². The number of para-hydroxylation sites is 11. The first kappa shape index (κ1) is 80.3. The number of hydrogen-bond acceptors (Lipinski definition) is 3. The first-order valence-corrected chi connectivity index (χ1v) is 50.6. The van der Waals surface area contributed by atoms with E-state index in [-0.39, 0.29) is 16.7 Å². The number of pyridine rings is 3. The smallest absolute Gasteiger partial charge is 0.263 e. The summed E-state index contributed by atoms with van der Waals surface area (Å²) in [6.45, 7) is 0. The molecule has 13 heterocycles. The molecular formula is C138H80N6O3. The van der Waals surface area contributed by atoms with Crippen LogP contribution in [0, 0.1) is 0 Å². The Morgan fingerprint density at radius 3 is 0.735 bits per heavy atom. The molecule has 9 heteroatoms. The Bertz CT molecular complexity index is 11100. The van der Waals surface area contributed by atoms with Crippen LogP contribution in [0.25, 0.3) is 220 Å². The van der Waals surface area contributed by atoms with Crippen LogP contribution in [0.2, 0.25) is 0 Å². The average molecular weight is 1870 g/mol. The minimum Gasteiger partial charge on any atom is -0.309 e. The van der Waals surface area contributed by atoms with Gasteiger partial charge in [-0.1, -0.05) is 394 Å². The van der Waals surface area contributed by atoms with E-state index in [1.807, 2.05) is 62.2 Å². The van der Waals surface area contributed by atoms with Crippen molar-refractivity contribution in [1.29, 1.82) is 0 Å². The lowest BCUT2D eigenvalue weighted by molar-refractivity contribution is 0.706. The van der Waals surface area contributed by atoms with Gasteiger partial charge in [0, 0.05) is 75.4 Å². The van der Waals surface area contributed by atoms with E-state index in [0.717, 1.165) is 166 Å². The van der Waals surface area contributed by atoms with E-state index in [0.29, 0.717) is 0 Å². The topological polar surface area (TPSA) is 80.3 Å². The molecule has 35 rings (SSSR count). The number of benzene rings is 22. The van der Waals surface area contributed by atoms with Crippen molar-refractivity contribution in [3.8, 4) is 72.9 Å². The molecule has 29 aromatic rings. The molecule has 147 heavy (non-hydrogen) atoms. The quantitative estimate of drug-likeness (QED) is 0.165. The normalized spacial score (nSPS) is 15.1. The zero-order valence-corrected chi connectivity index (χ0v) is 79.1. The molecule has 0 N–H and O–H groups in total. The Kier molecular flexibility index (Phi) is 16.0. The first-order valence-electron chi connectivity index (χ1n) is 50.6. The number of hydrogen-bond donors (Lipinski definition) is 0. The molecule has 7 aromatic heterocycles. The fourth-order valence-corrected chi connectivity index (χ4v) is 28.3. The molecule has 0 saturated carbocycles. The number of fused-ring (bicyclic) bond motifs is 36. The summed E-state index contributed by atoms with van der Waals surface area (Å²) < 4.78 is 13.5. The highest BCUT2D eigenvalue weighted by Crippen LogP contribution is 2.65. The van der Waals surface area contributed by atoms with Gasteiger partial charge < -0.3 is 13.5 Å². The van der Waals surface area contributed by atoms with Crippen molar-refractivity contribution in [3.63, 3.8) is 0 Å². The highest BCUT2D eigenvalue weighted by molar-refractivity contribution is 6.27. The fourth-order valence-electron chi connectivity index (χ4n) is 28.3. The molecule has 2 atom stereocenters. The van der Waals surface area contributed by atoms with Gasteiger partial charge in [0.25, 0.3) is 16.7 Å². The van der Waals surface area contributed by atoms with Gasteiger partial charge in [0.2, 0.25) is 0 Å². The number of aromatic nitrogens is 6. The average Bonchev–Trinajstić information content (AvgIpc) is 1.56. The minimum absolute atomic E-state index is 0.00166. The van der Waals surface area contributed by atoms with Crippen LogP contribution < -0.4 is 16.7 Å². The predicted molar refractivity (Wildman–Crippen MR) is 603 cm³/mol. The van der Waals surface area contributed by atoms with Crippen LogP contribution in [0.1, 0.15) is 66.8 Å². The maximum atomic E-state index is 15.0. The molecule has 0 amide bonds. The van der Waals surface area contributed by atoms with Crippen molar-refractivity contribution >= 4 is 147 Å². The Morgan fingerprint density at radius 1 is 0.129 bits per heavy atom. The summed E-state index contributed by atoms with van der Waals surface area (Å²) in [5.74, 6) is 0. The molecule has 0 saturated heterocycles. The van der Waals surface area contributed by atoms with E-state index >= 15 is 4.79 Å². The third-order valence-electron chi connectivity index (χ3n) is 33.8. The van der Waals surface area contributed by atoms with Gasteiger partial charge in [-0.05, 0) is 218 Å². The molecule has 680 valence electrons. The van der Waals surface area contributed by atoms with Crippen LogP contribution in [-0.4, -0.2) is 27.2 Å². The standard InChI is InChI=1S/C50H30N2O.C44H24N2O.C44H26N2O/c53-49-38-20-8-7-18-35(38)39-28-34(32-16-5-2-6-17-32)30-43-48(39)52(49)46-27-26-33(31-14-3-1-4-15-31)29-42(46)50(43)40-22-10-12-25-45(40)51-44-24-11-9-19-36(44)37-21-13-23-41(50)47(37)51;47-43-33-13-5-4-12-27(33)28-16-7-19-34-40(28)45(43)38-23-22-26(25-10-2-1-3-11-25)24-37(38)44(34)35-20-8-17-31-29-14-6-15-30-32-18-9-21-36(44)42(32)46(39(29)30)41(31)35;47-43-33-16-5-4-14-29(33)31-17-10-21-36-42(31)46(43)40-25-24-28(27-12-2-1-3-13-27)26-37(40)44(36)34-19-7-9-23-39(34)45-38-22-8-6-15-30(38)32-18-11-20-35(44)41(32)45/h1-30H;1-24H;1-26H. The second kappa shape index (κ2) is 29.2. The third kappa shape index (κ3) is 10.0. The molecule has 22 aromatic carbocycles. The Hall–Kier alpha value is -19.4. The van der Waals surface area contributed by atoms with Crippen molar-refractivity contribution in [1.82, 2.24) is 27.2 Å².